The molecule has 6 heteroatoms. The second kappa shape index (κ2) is 7.24. The smallest absolute Gasteiger partial charge is 0.330 e. The molecular weight excluding hydrogens is 289 g/mol. The van der Waals surface area contributed by atoms with Crippen LogP contribution in [-0.4, -0.2) is 24.1 Å². The lowest BCUT2D eigenvalue weighted by Crippen LogP contribution is -2.34. The number of hydrogen-bond donors (Lipinski definition) is 2. The minimum atomic E-state index is -1.26. The molecule has 0 spiro atoms. The van der Waals surface area contributed by atoms with Gasteiger partial charge in [-0.05, 0) is 36.5 Å². The number of aliphatic carboxylic acids is 1. The molecule has 22 heavy (non-hydrogen) atoms. The second-order valence-corrected chi connectivity index (χ2v) is 5.59. The van der Waals surface area contributed by atoms with Gasteiger partial charge in [-0.2, -0.15) is 0 Å². The van der Waals surface area contributed by atoms with E-state index in [-0.39, 0.29) is 17.2 Å². The number of carbonyl (C=O) groups excluding carboxylic acids is 1. The number of amides is 1. The molecule has 1 saturated carbocycles. The monoisotopic (exact) mass is 309 g/mol. The molecule has 2 rings (SSSR count). The standard InChI is InChI=1S/C16H20FNO4/c1-22-13-7-6-11(9-12(13)17)15(16(20)21)18-14(19)8-10-4-2-3-5-10/h6-7,9-10,15H,2-5,8H2,1H3,(H,18,19)(H,20,21). The van der Waals surface area contributed by atoms with E-state index in [1.54, 1.807) is 0 Å². The van der Waals surface area contributed by atoms with Crippen LogP contribution in [0.2, 0.25) is 0 Å². The average molecular weight is 309 g/mol. The highest BCUT2D eigenvalue weighted by Gasteiger charge is 2.25. The lowest BCUT2D eigenvalue weighted by atomic mass is 10.0. The van der Waals surface area contributed by atoms with E-state index in [4.69, 9.17) is 4.74 Å². The predicted molar refractivity (Wildman–Crippen MR) is 78.0 cm³/mol. The summed E-state index contributed by atoms with van der Waals surface area (Å²) < 4.78 is 18.5. The molecule has 0 saturated heterocycles. The maximum absolute atomic E-state index is 13.7. The van der Waals surface area contributed by atoms with Crippen molar-refractivity contribution in [3.8, 4) is 5.75 Å². The zero-order valence-corrected chi connectivity index (χ0v) is 12.5. The molecule has 0 aliphatic heterocycles. The number of hydrogen-bond acceptors (Lipinski definition) is 3. The van der Waals surface area contributed by atoms with E-state index in [1.807, 2.05) is 0 Å². The van der Waals surface area contributed by atoms with Gasteiger partial charge in [0.15, 0.2) is 17.6 Å². The van der Waals surface area contributed by atoms with Crippen LogP contribution < -0.4 is 10.1 Å². The minimum Gasteiger partial charge on any atom is -0.494 e. The van der Waals surface area contributed by atoms with Crippen LogP contribution in [0.3, 0.4) is 0 Å². The molecule has 1 aliphatic rings. The van der Waals surface area contributed by atoms with E-state index in [1.165, 1.54) is 19.2 Å². The maximum Gasteiger partial charge on any atom is 0.330 e. The van der Waals surface area contributed by atoms with Gasteiger partial charge in [0, 0.05) is 6.42 Å². The number of ether oxygens (including phenoxy) is 1. The van der Waals surface area contributed by atoms with Gasteiger partial charge < -0.3 is 15.2 Å². The molecular formula is C16H20FNO4. The summed E-state index contributed by atoms with van der Waals surface area (Å²) in [6, 6.07) is 2.61. The summed E-state index contributed by atoms with van der Waals surface area (Å²) in [7, 11) is 1.33. The number of nitrogens with one attached hydrogen (secondary N) is 1. The fraction of sp³-hybridized carbons (Fsp3) is 0.500. The topological polar surface area (TPSA) is 75.6 Å². The van der Waals surface area contributed by atoms with Crippen molar-refractivity contribution < 1.29 is 23.8 Å². The molecule has 1 atom stereocenters. The lowest BCUT2D eigenvalue weighted by molar-refractivity contribution is -0.142. The molecule has 1 aromatic rings. The van der Waals surface area contributed by atoms with Gasteiger partial charge in [-0.25, -0.2) is 9.18 Å². The summed E-state index contributed by atoms with van der Waals surface area (Å²) in [5, 5.41) is 11.8. The van der Waals surface area contributed by atoms with Crippen LogP contribution in [0.5, 0.6) is 5.75 Å². The van der Waals surface area contributed by atoms with E-state index in [0.29, 0.717) is 12.3 Å². The second-order valence-electron chi connectivity index (χ2n) is 5.59. The van der Waals surface area contributed by atoms with Crippen LogP contribution in [0.25, 0.3) is 0 Å². The Bertz CT molecular complexity index is 555. The van der Waals surface area contributed by atoms with Gasteiger partial charge in [0.2, 0.25) is 5.91 Å². The molecule has 5 nitrogen and oxygen atoms in total. The molecule has 0 aromatic heterocycles. The molecule has 1 unspecified atom stereocenters. The molecule has 120 valence electrons. The minimum absolute atomic E-state index is 0.0326. The first-order valence-corrected chi connectivity index (χ1v) is 7.37. The Balaban J connectivity index is 2.07. The summed E-state index contributed by atoms with van der Waals surface area (Å²) in [5.41, 5.74) is 0.186. The van der Waals surface area contributed by atoms with Crippen molar-refractivity contribution in [2.75, 3.05) is 7.11 Å². The fourth-order valence-electron chi connectivity index (χ4n) is 2.85. The molecule has 1 amide bonds. The number of carbonyl (C=O) groups is 2. The summed E-state index contributed by atoms with van der Waals surface area (Å²) in [6.07, 6.45) is 4.56. The molecule has 1 aliphatic carbocycles. The van der Waals surface area contributed by atoms with Crippen LogP contribution >= 0.6 is 0 Å². The van der Waals surface area contributed by atoms with Gasteiger partial charge in [-0.15, -0.1) is 0 Å². The molecule has 0 bridgehead atoms. The van der Waals surface area contributed by atoms with Crippen LogP contribution in [0.1, 0.15) is 43.7 Å². The normalized spacial score (nSPS) is 16.3. The lowest BCUT2D eigenvalue weighted by Gasteiger charge is -2.17. The van der Waals surface area contributed by atoms with Crippen LogP contribution in [0.4, 0.5) is 4.39 Å². The van der Waals surface area contributed by atoms with Gasteiger partial charge in [-0.3, -0.25) is 4.79 Å². The van der Waals surface area contributed by atoms with E-state index >= 15 is 0 Å². The van der Waals surface area contributed by atoms with Crippen molar-refractivity contribution in [3.05, 3.63) is 29.6 Å². The van der Waals surface area contributed by atoms with Crippen LogP contribution in [0.15, 0.2) is 18.2 Å². The van der Waals surface area contributed by atoms with E-state index < -0.39 is 17.8 Å². The zero-order chi connectivity index (χ0) is 16.1. The van der Waals surface area contributed by atoms with Crippen molar-refractivity contribution in [1.82, 2.24) is 5.32 Å². The Morgan fingerprint density at radius 2 is 2.09 bits per heavy atom. The summed E-state index contributed by atoms with van der Waals surface area (Å²) in [5.74, 6) is -1.83. The Kier molecular flexibility index (Phi) is 5.35. The van der Waals surface area contributed by atoms with Gasteiger partial charge in [0.1, 0.15) is 0 Å². The summed E-state index contributed by atoms with van der Waals surface area (Å²) in [4.78, 5) is 23.4. The number of methoxy groups -OCH3 is 1. The highest BCUT2D eigenvalue weighted by molar-refractivity contribution is 5.84. The molecule has 1 fully saturated rings. The number of carboxylic acids is 1. The average Bonchev–Trinajstić information content (AvgIpc) is 2.97. The predicted octanol–water partition coefficient (Wildman–Crippen LogP) is 2.66. The largest absolute Gasteiger partial charge is 0.494 e. The third-order valence-corrected chi connectivity index (χ3v) is 4.01. The van der Waals surface area contributed by atoms with Crippen LogP contribution in [0, 0.1) is 11.7 Å². The Morgan fingerprint density at radius 1 is 1.41 bits per heavy atom. The number of halogens is 1. The van der Waals surface area contributed by atoms with E-state index in [0.717, 1.165) is 31.7 Å². The molecule has 0 radical (unpaired) electrons. The number of carboxylic acid groups (broad SMARTS) is 1. The Hall–Kier alpha value is -2.11. The van der Waals surface area contributed by atoms with Crippen molar-refractivity contribution in [3.63, 3.8) is 0 Å². The van der Waals surface area contributed by atoms with Gasteiger partial charge in [0.05, 0.1) is 7.11 Å². The summed E-state index contributed by atoms with van der Waals surface area (Å²) in [6.45, 7) is 0. The fourth-order valence-corrected chi connectivity index (χ4v) is 2.85. The first-order valence-electron chi connectivity index (χ1n) is 7.37. The van der Waals surface area contributed by atoms with Gasteiger partial charge in [-0.1, -0.05) is 18.9 Å². The number of benzene rings is 1. The van der Waals surface area contributed by atoms with E-state index in [2.05, 4.69) is 5.32 Å². The summed E-state index contributed by atoms with van der Waals surface area (Å²) >= 11 is 0. The number of rotatable bonds is 6. The zero-order valence-electron chi connectivity index (χ0n) is 12.5. The van der Waals surface area contributed by atoms with Crippen molar-refractivity contribution in [2.45, 2.75) is 38.1 Å². The first kappa shape index (κ1) is 16.3. The highest BCUT2D eigenvalue weighted by atomic mass is 19.1. The molecule has 0 heterocycles. The van der Waals surface area contributed by atoms with Crippen molar-refractivity contribution in [2.24, 2.45) is 5.92 Å². The third kappa shape index (κ3) is 3.96. The molecule has 2 N–H and O–H groups in total. The third-order valence-electron chi connectivity index (χ3n) is 4.01. The Morgan fingerprint density at radius 3 is 2.64 bits per heavy atom. The van der Waals surface area contributed by atoms with Crippen molar-refractivity contribution >= 4 is 11.9 Å². The van der Waals surface area contributed by atoms with Gasteiger partial charge in [0.25, 0.3) is 0 Å². The van der Waals surface area contributed by atoms with E-state index in [9.17, 15) is 19.1 Å². The highest BCUT2D eigenvalue weighted by Crippen LogP contribution is 2.28. The SMILES string of the molecule is COc1ccc(C(NC(=O)CC2CCCC2)C(=O)O)cc1F. The van der Waals surface area contributed by atoms with Crippen LogP contribution in [-0.2, 0) is 9.59 Å². The van der Waals surface area contributed by atoms with Gasteiger partial charge >= 0.3 is 5.97 Å². The van der Waals surface area contributed by atoms with Crippen molar-refractivity contribution in [1.29, 1.82) is 0 Å². The maximum atomic E-state index is 13.7. The quantitative estimate of drug-likeness (QED) is 0.847. The molecule has 1 aromatic carbocycles. The first-order chi connectivity index (χ1) is 10.5. The Labute approximate surface area is 128 Å².